The zero-order chi connectivity index (χ0) is 19.4. The Bertz CT molecular complexity index is 714. The van der Waals surface area contributed by atoms with Crippen molar-refractivity contribution < 1.29 is 13.2 Å². The van der Waals surface area contributed by atoms with Crippen molar-refractivity contribution in [2.24, 2.45) is 11.1 Å². The zero-order valence-corrected chi connectivity index (χ0v) is 16.9. The molecule has 1 aromatic carbocycles. The number of likely N-dealkylation sites (tertiary alicyclic amines) is 1. The molecule has 1 atom stereocenters. The van der Waals surface area contributed by atoms with Crippen LogP contribution in [0.15, 0.2) is 29.2 Å². The van der Waals surface area contributed by atoms with Crippen molar-refractivity contribution in [3.05, 3.63) is 29.8 Å². The maximum absolute atomic E-state index is 12.5. The van der Waals surface area contributed by atoms with Gasteiger partial charge < -0.3 is 10.6 Å². The number of rotatable bonds is 8. The molecule has 0 spiro atoms. The topological polar surface area (TPSA) is 83.7 Å². The van der Waals surface area contributed by atoms with Gasteiger partial charge in [0.25, 0.3) is 0 Å². The summed E-state index contributed by atoms with van der Waals surface area (Å²) in [6.45, 7) is 8.77. The van der Waals surface area contributed by atoms with Crippen LogP contribution in [-0.2, 0) is 21.2 Å². The van der Waals surface area contributed by atoms with Gasteiger partial charge in [0.2, 0.25) is 15.9 Å². The van der Waals surface area contributed by atoms with Gasteiger partial charge in [0.05, 0.1) is 4.90 Å². The Morgan fingerprint density at radius 2 is 1.85 bits per heavy atom. The van der Waals surface area contributed by atoms with Gasteiger partial charge in [-0.2, -0.15) is 4.31 Å². The van der Waals surface area contributed by atoms with Gasteiger partial charge in [0, 0.05) is 32.6 Å². The monoisotopic (exact) mass is 381 g/mol. The normalized spacial score (nSPS) is 20.7. The fourth-order valence-corrected chi connectivity index (χ4v) is 4.81. The van der Waals surface area contributed by atoms with E-state index in [0.717, 1.165) is 25.1 Å². The van der Waals surface area contributed by atoms with Crippen LogP contribution in [0.4, 0.5) is 0 Å². The molecule has 146 valence electrons. The van der Waals surface area contributed by atoms with Crippen molar-refractivity contribution in [2.45, 2.75) is 44.9 Å². The largest absolute Gasteiger partial charge is 0.342 e. The summed E-state index contributed by atoms with van der Waals surface area (Å²) in [5.41, 5.74) is 6.80. The molecule has 1 unspecified atom stereocenters. The minimum Gasteiger partial charge on any atom is -0.342 e. The van der Waals surface area contributed by atoms with Gasteiger partial charge in [-0.1, -0.05) is 32.9 Å². The molecule has 1 heterocycles. The molecule has 1 aliphatic rings. The molecule has 0 saturated carbocycles. The van der Waals surface area contributed by atoms with Crippen molar-refractivity contribution in [1.82, 2.24) is 9.21 Å². The number of carbonyl (C=O) groups excluding carboxylic acids is 1. The van der Waals surface area contributed by atoms with Gasteiger partial charge >= 0.3 is 0 Å². The quantitative estimate of drug-likeness (QED) is 0.745. The smallest absolute Gasteiger partial charge is 0.243 e. The van der Waals surface area contributed by atoms with Gasteiger partial charge in [-0.3, -0.25) is 4.79 Å². The molecule has 1 fully saturated rings. The molecular weight excluding hydrogens is 350 g/mol. The summed E-state index contributed by atoms with van der Waals surface area (Å²) in [4.78, 5) is 14.6. The van der Waals surface area contributed by atoms with E-state index in [9.17, 15) is 13.2 Å². The second-order valence-corrected chi connectivity index (χ2v) is 9.25. The lowest BCUT2D eigenvalue weighted by molar-refractivity contribution is -0.130. The molecule has 1 saturated heterocycles. The van der Waals surface area contributed by atoms with Crippen molar-refractivity contribution in [3.63, 3.8) is 0 Å². The third-order valence-electron chi connectivity index (χ3n) is 5.30. The Balaban J connectivity index is 1.95. The SMILES string of the molecule is CCN(CC)S(=O)(=O)c1ccc(CCC(=O)N2CCC(C)(CN)C2)cc1. The second kappa shape index (κ2) is 8.50. The van der Waals surface area contributed by atoms with E-state index >= 15 is 0 Å². The number of sulfonamides is 1. The first-order valence-corrected chi connectivity index (χ1v) is 10.8. The highest BCUT2D eigenvalue weighted by molar-refractivity contribution is 7.89. The highest BCUT2D eigenvalue weighted by Crippen LogP contribution is 2.29. The molecular formula is C19H31N3O3S. The molecule has 2 rings (SSSR count). The summed E-state index contributed by atoms with van der Waals surface area (Å²) in [7, 11) is -3.43. The van der Waals surface area contributed by atoms with Crippen LogP contribution >= 0.6 is 0 Å². The summed E-state index contributed by atoms with van der Waals surface area (Å²) in [5.74, 6) is 0.141. The van der Waals surface area contributed by atoms with E-state index in [0.29, 0.717) is 37.4 Å². The van der Waals surface area contributed by atoms with Crippen LogP contribution < -0.4 is 5.73 Å². The van der Waals surface area contributed by atoms with Crippen molar-refractivity contribution in [2.75, 3.05) is 32.7 Å². The van der Waals surface area contributed by atoms with E-state index < -0.39 is 10.0 Å². The maximum Gasteiger partial charge on any atom is 0.243 e. The van der Waals surface area contributed by atoms with E-state index in [1.807, 2.05) is 18.7 Å². The Labute approximate surface area is 157 Å². The van der Waals surface area contributed by atoms with E-state index in [2.05, 4.69) is 6.92 Å². The van der Waals surface area contributed by atoms with Crippen LogP contribution in [0.5, 0.6) is 0 Å². The van der Waals surface area contributed by atoms with Crippen LogP contribution in [0, 0.1) is 5.41 Å². The zero-order valence-electron chi connectivity index (χ0n) is 16.1. The van der Waals surface area contributed by atoms with E-state index in [1.165, 1.54) is 4.31 Å². The highest BCUT2D eigenvalue weighted by atomic mass is 32.2. The minimum atomic E-state index is -3.43. The number of hydrogen-bond acceptors (Lipinski definition) is 4. The Kier molecular flexibility index (Phi) is 6.82. The summed E-state index contributed by atoms with van der Waals surface area (Å²) in [6, 6.07) is 6.87. The first kappa shape index (κ1) is 20.9. The molecule has 0 aromatic heterocycles. The van der Waals surface area contributed by atoms with Crippen LogP contribution in [0.2, 0.25) is 0 Å². The standard InChI is InChI=1S/C19H31N3O3S/c1-4-22(5-2)26(24,25)17-9-6-16(7-10-17)8-11-18(23)21-13-12-19(3,14-20)15-21/h6-7,9-10H,4-5,8,11-15,20H2,1-3H3. The molecule has 7 heteroatoms. The Morgan fingerprint density at radius 1 is 1.23 bits per heavy atom. The van der Waals surface area contributed by atoms with Crippen LogP contribution in [0.3, 0.4) is 0 Å². The predicted octanol–water partition coefficient (Wildman–Crippen LogP) is 1.85. The Hall–Kier alpha value is -1.44. The molecule has 1 aliphatic heterocycles. The lowest BCUT2D eigenvalue weighted by atomic mass is 9.90. The van der Waals surface area contributed by atoms with Crippen LogP contribution in [-0.4, -0.2) is 56.3 Å². The number of amides is 1. The third-order valence-corrected chi connectivity index (χ3v) is 7.36. The Morgan fingerprint density at radius 3 is 2.35 bits per heavy atom. The molecule has 26 heavy (non-hydrogen) atoms. The van der Waals surface area contributed by atoms with E-state index in [-0.39, 0.29) is 11.3 Å². The van der Waals surface area contributed by atoms with Crippen molar-refractivity contribution in [3.8, 4) is 0 Å². The number of carbonyl (C=O) groups is 1. The number of benzene rings is 1. The van der Waals surface area contributed by atoms with E-state index in [1.54, 1.807) is 24.3 Å². The molecule has 0 radical (unpaired) electrons. The highest BCUT2D eigenvalue weighted by Gasteiger charge is 2.34. The average Bonchev–Trinajstić information content (AvgIpc) is 3.04. The molecule has 0 aliphatic carbocycles. The molecule has 6 nitrogen and oxygen atoms in total. The van der Waals surface area contributed by atoms with Crippen molar-refractivity contribution in [1.29, 1.82) is 0 Å². The number of nitrogens with two attached hydrogens (primary N) is 1. The fourth-order valence-electron chi connectivity index (χ4n) is 3.35. The predicted molar refractivity (Wildman–Crippen MR) is 103 cm³/mol. The van der Waals surface area contributed by atoms with Gasteiger partial charge in [-0.05, 0) is 42.5 Å². The van der Waals surface area contributed by atoms with Gasteiger partial charge in [-0.15, -0.1) is 0 Å². The summed E-state index contributed by atoms with van der Waals surface area (Å²) in [5, 5.41) is 0. The van der Waals surface area contributed by atoms with Crippen LogP contribution in [0.25, 0.3) is 0 Å². The lowest BCUT2D eigenvalue weighted by Crippen LogP contribution is -2.34. The molecule has 1 aromatic rings. The third kappa shape index (κ3) is 4.64. The molecule has 0 bridgehead atoms. The second-order valence-electron chi connectivity index (χ2n) is 7.31. The fraction of sp³-hybridized carbons (Fsp3) is 0.632. The first-order chi connectivity index (χ1) is 12.3. The average molecular weight is 382 g/mol. The first-order valence-electron chi connectivity index (χ1n) is 9.32. The lowest BCUT2D eigenvalue weighted by Gasteiger charge is -2.22. The van der Waals surface area contributed by atoms with Crippen molar-refractivity contribution >= 4 is 15.9 Å². The minimum absolute atomic E-state index is 0.0378. The summed E-state index contributed by atoms with van der Waals surface area (Å²) in [6.07, 6.45) is 2.00. The van der Waals surface area contributed by atoms with Gasteiger partial charge in [-0.25, -0.2) is 8.42 Å². The number of hydrogen-bond donors (Lipinski definition) is 1. The summed E-state index contributed by atoms with van der Waals surface area (Å²) < 4.78 is 26.4. The maximum atomic E-state index is 12.5. The van der Waals surface area contributed by atoms with Crippen LogP contribution in [0.1, 0.15) is 39.2 Å². The molecule has 2 N–H and O–H groups in total. The summed E-state index contributed by atoms with van der Waals surface area (Å²) >= 11 is 0. The van der Waals surface area contributed by atoms with Gasteiger partial charge in [0.1, 0.15) is 0 Å². The molecule has 1 amide bonds. The van der Waals surface area contributed by atoms with E-state index in [4.69, 9.17) is 5.73 Å². The van der Waals surface area contributed by atoms with Gasteiger partial charge in [0.15, 0.2) is 0 Å². The number of nitrogens with zero attached hydrogens (tertiary/aromatic N) is 2. The number of aryl methyl sites for hydroxylation is 1.